The van der Waals surface area contributed by atoms with E-state index in [0.717, 1.165) is 31.3 Å². The SMILES string of the molecule is CC(=O)O[C@H]1C[C@@]2(C)[C@@H](C[C@@H](O)[C@H]3[C@@]4(C)CC[C@@H](O)[C@@H](C)[C@@H]4CC[C@@]32C)/C1=C(\CCC=C(C)C)C(=O)Nc1ccc(O)cc1. The number of fused-ring (bicyclic) bond motifs is 5. The number of phenols is 1. The first-order chi connectivity index (χ1) is 20.6. The Bertz CT molecular complexity index is 1330. The summed E-state index contributed by atoms with van der Waals surface area (Å²) >= 11 is 0. The molecule has 0 radical (unpaired) electrons. The van der Waals surface area contributed by atoms with Crippen molar-refractivity contribution in [3.05, 3.63) is 47.1 Å². The second kappa shape index (κ2) is 11.9. The molecule has 242 valence electrons. The smallest absolute Gasteiger partial charge is 0.303 e. The highest BCUT2D eigenvalue weighted by Crippen LogP contribution is 2.74. The van der Waals surface area contributed by atoms with Gasteiger partial charge in [0.15, 0.2) is 0 Å². The number of phenolic OH excluding ortho intramolecular Hbond substituents is 1. The molecule has 0 aromatic heterocycles. The summed E-state index contributed by atoms with van der Waals surface area (Å²) in [5.41, 5.74) is 2.57. The van der Waals surface area contributed by atoms with Crippen LogP contribution in [0.3, 0.4) is 0 Å². The van der Waals surface area contributed by atoms with Crippen LogP contribution in [0.2, 0.25) is 0 Å². The Balaban J connectivity index is 1.61. The van der Waals surface area contributed by atoms with E-state index in [-0.39, 0.29) is 57.7 Å². The van der Waals surface area contributed by atoms with Crippen molar-refractivity contribution in [2.75, 3.05) is 5.32 Å². The predicted molar refractivity (Wildman–Crippen MR) is 172 cm³/mol. The number of nitrogens with one attached hydrogen (secondary N) is 1. The molecule has 1 amide bonds. The second-order valence-corrected chi connectivity index (χ2v) is 15.3. The van der Waals surface area contributed by atoms with Crippen LogP contribution in [0.15, 0.2) is 47.1 Å². The van der Waals surface area contributed by atoms with E-state index in [2.05, 4.69) is 39.1 Å². The fourth-order valence-electron chi connectivity index (χ4n) is 10.6. The minimum absolute atomic E-state index is 0.0437. The molecule has 1 aromatic carbocycles. The number of carbonyl (C=O) groups is 2. The summed E-state index contributed by atoms with van der Waals surface area (Å²) in [6.45, 7) is 14.7. The first-order valence-electron chi connectivity index (χ1n) is 16.6. The largest absolute Gasteiger partial charge is 0.508 e. The average molecular weight is 608 g/mol. The minimum Gasteiger partial charge on any atom is -0.508 e. The molecular formula is C37H53NO6. The Labute approximate surface area is 263 Å². The number of anilines is 1. The third-order valence-electron chi connectivity index (χ3n) is 12.7. The van der Waals surface area contributed by atoms with Crippen LogP contribution >= 0.6 is 0 Å². The molecule has 5 rings (SSSR count). The van der Waals surface area contributed by atoms with E-state index < -0.39 is 12.2 Å². The van der Waals surface area contributed by atoms with Gasteiger partial charge in [-0.25, -0.2) is 0 Å². The number of benzene rings is 1. The van der Waals surface area contributed by atoms with E-state index in [0.29, 0.717) is 42.9 Å². The fourth-order valence-corrected chi connectivity index (χ4v) is 10.6. The number of hydrogen-bond donors (Lipinski definition) is 4. The van der Waals surface area contributed by atoms with Gasteiger partial charge in [0, 0.05) is 18.2 Å². The first-order valence-corrected chi connectivity index (χ1v) is 16.6. The van der Waals surface area contributed by atoms with Crippen LogP contribution in [0.5, 0.6) is 5.75 Å². The van der Waals surface area contributed by atoms with Crippen LogP contribution in [0.25, 0.3) is 0 Å². The van der Waals surface area contributed by atoms with Crippen molar-refractivity contribution >= 4 is 17.6 Å². The monoisotopic (exact) mass is 607 g/mol. The number of aliphatic hydroxyl groups excluding tert-OH is 2. The molecule has 0 spiro atoms. The summed E-state index contributed by atoms with van der Waals surface area (Å²) < 4.78 is 6.09. The number of amides is 1. The maximum atomic E-state index is 14.1. The number of aromatic hydroxyl groups is 1. The zero-order chi connectivity index (χ0) is 32.2. The molecule has 0 saturated heterocycles. The van der Waals surface area contributed by atoms with Gasteiger partial charge in [0.05, 0.1) is 12.2 Å². The van der Waals surface area contributed by atoms with Crippen molar-refractivity contribution in [3.63, 3.8) is 0 Å². The zero-order valence-corrected chi connectivity index (χ0v) is 27.7. The summed E-state index contributed by atoms with van der Waals surface area (Å²) in [4.78, 5) is 26.7. The lowest BCUT2D eigenvalue weighted by molar-refractivity contribution is -0.234. The number of hydrogen-bond acceptors (Lipinski definition) is 6. The number of rotatable bonds is 6. The van der Waals surface area contributed by atoms with Gasteiger partial charge in [0.1, 0.15) is 11.9 Å². The lowest BCUT2D eigenvalue weighted by Gasteiger charge is -2.69. The standard InChI is InChI=1S/C37H53NO6/c1-21(2)9-8-10-26(34(43)38-24-11-13-25(40)14-12-24)32-28-19-30(42)33-35(5)17-16-29(41)22(3)27(35)15-18-36(33,6)37(28,7)20-31(32)44-23(4)39/h9,11-14,22,27-31,33,40-42H,8,10,15-20H2,1-7H3,(H,38,43)/b32-26-/t22-,27-,28-,29+,30+,31-,33-,35-,36-,37-/m0/s1. The van der Waals surface area contributed by atoms with Crippen LogP contribution in [-0.2, 0) is 14.3 Å². The quantitative estimate of drug-likeness (QED) is 0.121. The molecule has 4 N–H and O–H groups in total. The van der Waals surface area contributed by atoms with Crippen molar-refractivity contribution in [2.24, 2.45) is 39.9 Å². The summed E-state index contributed by atoms with van der Waals surface area (Å²) in [6, 6.07) is 6.43. The molecule has 4 aliphatic carbocycles. The maximum absolute atomic E-state index is 14.1. The molecule has 0 heterocycles. The lowest BCUT2D eigenvalue weighted by Crippen LogP contribution is -2.65. The highest BCUT2D eigenvalue weighted by molar-refractivity contribution is 6.04. The molecule has 10 atom stereocenters. The van der Waals surface area contributed by atoms with Crippen LogP contribution in [0.1, 0.15) is 99.8 Å². The van der Waals surface area contributed by atoms with E-state index in [1.807, 2.05) is 13.8 Å². The van der Waals surface area contributed by atoms with E-state index in [1.165, 1.54) is 12.5 Å². The highest BCUT2D eigenvalue weighted by atomic mass is 16.5. The van der Waals surface area contributed by atoms with Gasteiger partial charge in [-0.3, -0.25) is 9.59 Å². The predicted octanol–water partition coefficient (Wildman–Crippen LogP) is 6.93. The molecule has 44 heavy (non-hydrogen) atoms. The van der Waals surface area contributed by atoms with Crippen LogP contribution < -0.4 is 5.32 Å². The van der Waals surface area contributed by atoms with Crippen molar-refractivity contribution in [3.8, 4) is 5.75 Å². The molecule has 4 saturated carbocycles. The summed E-state index contributed by atoms with van der Waals surface area (Å²) in [5.74, 6) is -0.0305. The third kappa shape index (κ3) is 5.42. The van der Waals surface area contributed by atoms with Crippen LogP contribution in [0, 0.1) is 39.9 Å². The Morgan fingerprint density at radius 1 is 1.00 bits per heavy atom. The molecule has 4 fully saturated rings. The van der Waals surface area contributed by atoms with Crippen molar-refractivity contribution < 1.29 is 29.6 Å². The Kier molecular flexibility index (Phi) is 8.89. The number of aliphatic hydroxyl groups is 2. The van der Waals surface area contributed by atoms with Gasteiger partial charge in [0.25, 0.3) is 5.91 Å². The second-order valence-electron chi connectivity index (χ2n) is 15.3. The Morgan fingerprint density at radius 3 is 2.32 bits per heavy atom. The van der Waals surface area contributed by atoms with Crippen LogP contribution in [-0.4, -0.2) is 45.5 Å². The third-order valence-corrected chi connectivity index (χ3v) is 12.7. The lowest BCUT2D eigenvalue weighted by atomic mass is 9.36. The Morgan fingerprint density at radius 2 is 1.68 bits per heavy atom. The number of allylic oxidation sites excluding steroid dienone is 2. The van der Waals surface area contributed by atoms with Gasteiger partial charge in [-0.1, -0.05) is 39.3 Å². The number of ether oxygens (including phenoxy) is 1. The minimum atomic E-state index is -0.571. The van der Waals surface area contributed by atoms with Gasteiger partial charge in [-0.15, -0.1) is 0 Å². The molecule has 4 aliphatic rings. The molecule has 7 heteroatoms. The van der Waals surface area contributed by atoms with E-state index >= 15 is 0 Å². The summed E-state index contributed by atoms with van der Waals surface area (Å²) in [5, 5.41) is 35.8. The van der Waals surface area contributed by atoms with Gasteiger partial charge in [0.2, 0.25) is 0 Å². The molecule has 0 aliphatic heterocycles. The molecular weight excluding hydrogens is 554 g/mol. The van der Waals surface area contributed by atoms with E-state index in [1.54, 1.807) is 24.3 Å². The fraction of sp³-hybridized carbons (Fsp3) is 0.676. The molecule has 1 aromatic rings. The zero-order valence-electron chi connectivity index (χ0n) is 27.7. The maximum Gasteiger partial charge on any atom is 0.303 e. The summed E-state index contributed by atoms with van der Waals surface area (Å²) in [6.07, 6.45) is 6.54. The molecule has 7 nitrogen and oxygen atoms in total. The van der Waals surface area contributed by atoms with Gasteiger partial charge in [-0.05, 0) is 135 Å². The van der Waals surface area contributed by atoms with Crippen molar-refractivity contribution in [1.82, 2.24) is 0 Å². The van der Waals surface area contributed by atoms with E-state index in [4.69, 9.17) is 4.74 Å². The van der Waals surface area contributed by atoms with Gasteiger partial charge >= 0.3 is 5.97 Å². The normalized spacial score (nSPS) is 40.6. The number of esters is 1. The molecule has 0 unspecified atom stereocenters. The van der Waals surface area contributed by atoms with Crippen molar-refractivity contribution in [2.45, 2.75) is 118 Å². The topological polar surface area (TPSA) is 116 Å². The van der Waals surface area contributed by atoms with Crippen molar-refractivity contribution in [1.29, 1.82) is 0 Å². The molecule has 0 bridgehead atoms. The van der Waals surface area contributed by atoms with E-state index in [9.17, 15) is 24.9 Å². The first kappa shape index (κ1) is 32.7. The van der Waals surface area contributed by atoms with Gasteiger partial charge in [-0.2, -0.15) is 0 Å². The average Bonchev–Trinajstić information content (AvgIpc) is 3.21. The van der Waals surface area contributed by atoms with Crippen LogP contribution in [0.4, 0.5) is 5.69 Å². The Hall–Kier alpha value is -2.64. The number of carbonyl (C=O) groups excluding carboxylic acids is 2. The van der Waals surface area contributed by atoms with Gasteiger partial charge < -0.3 is 25.4 Å². The highest BCUT2D eigenvalue weighted by Gasteiger charge is 2.70. The summed E-state index contributed by atoms with van der Waals surface area (Å²) in [7, 11) is 0.